The summed E-state index contributed by atoms with van der Waals surface area (Å²) in [6.07, 6.45) is 3.03. The zero-order chi connectivity index (χ0) is 15.5. The number of hydrogen-bond acceptors (Lipinski definition) is 3. The molecular weight excluding hydrogens is 262 g/mol. The van der Waals surface area contributed by atoms with Gasteiger partial charge in [0.2, 0.25) is 0 Å². The summed E-state index contributed by atoms with van der Waals surface area (Å²) in [5.74, 6) is 1.80. The minimum atomic E-state index is -0.208. The lowest BCUT2D eigenvalue weighted by Gasteiger charge is -2.31. The van der Waals surface area contributed by atoms with Gasteiger partial charge in [-0.25, -0.2) is 0 Å². The molecule has 1 aliphatic rings. The Kier molecular flexibility index (Phi) is 4.82. The molecule has 2 rings (SSSR count). The van der Waals surface area contributed by atoms with Gasteiger partial charge in [0.1, 0.15) is 11.2 Å². The highest BCUT2D eigenvalue weighted by Crippen LogP contribution is 2.43. The molecule has 118 valence electrons. The summed E-state index contributed by atoms with van der Waals surface area (Å²) in [5.41, 5.74) is 0.906. The predicted octanol–water partition coefficient (Wildman–Crippen LogP) is 3.95. The van der Waals surface area contributed by atoms with E-state index in [9.17, 15) is 0 Å². The van der Waals surface area contributed by atoms with Crippen LogP contribution in [-0.2, 0) is 6.42 Å². The molecule has 1 aliphatic heterocycles. The summed E-state index contributed by atoms with van der Waals surface area (Å²) in [4.78, 5) is 0. The van der Waals surface area contributed by atoms with E-state index < -0.39 is 0 Å². The van der Waals surface area contributed by atoms with Crippen molar-refractivity contribution in [1.82, 2.24) is 5.32 Å². The highest BCUT2D eigenvalue weighted by atomic mass is 16.5. The molecule has 0 aliphatic carbocycles. The first-order valence-corrected chi connectivity index (χ1v) is 8.10. The van der Waals surface area contributed by atoms with Crippen molar-refractivity contribution < 1.29 is 9.47 Å². The maximum atomic E-state index is 6.35. The van der Waals surface area contributed by atoms with E-state index in [-0.39, 0.29) is 11.2 Å². The first kappa shape index (κ1) is 16.2. The summed E-state index contributed by atoms with van der Waals surface area (Å²) in [5, 5.41) is 3.46. The van der Waals surface area contributed by atoms with Gasteiger partial charge in [-0.3, -0.25) is 0 Å². The lowest BCUT2D eigenvalue weighted by atomic mass is 10.0. The number of rotatable bonds is 7. The number of benzene rings is 1. The maximum Gasteiger partial charge on any atom is 0.165 e. The third kappa shape index (κ3) is 3.91. The van der Waals surface area contributed by atoms with Crippen molar-refractivity contribution in [2.24, 2.45) is 0 Å². The fourth-order valence-electron chi connectivity index (χ4n) is 2.70. The van der Waals surface area contributed by atoms with E-state index in [1.54, 1.807) is 0 Å². The second-order valence-electron chi connectivity index (χ2n) is 6.87. The summed E-state index contributed by atoms with van der Waals surface area (Å²) < 4.78 is 12.4. The fraction of sp³-hybridized carbons (Fsp3) is 0.667. The number of nitrogens with one attached hydrogen (secondary N) is 1. The Bertz CT molecular complexity index is 484. The first-order chi connectivity index (χ1) is 9.89. The van der Waals surface area contributed by atoms with Gasteiger partial charge in [0, 0.05) is 18.5 Å². The largest absolute Gasteiger partial charge is 0.483 e. The van der Waals surface area contributed by atoms with Crippen molar-refractivity contribution in [3.63, 3.8) is 0 Å². The van der Waals surface area contributed by atoms with Crippen LogP contribution < -0.4 is 14.8 Å². The monoisotopic (exact) mass is 291 g/mol. The van der Waals surface area contributed by atoms with Crippen molar-refractivity contribution in [3.8, 4) is 11.5 Å². The molecule has 0 fully saturated rings. The first-order valence-electron chi connectivity index (χ1n) is 8.10. The molecule has 1 N–H and O–H groups in total. The van der Waals surface area contributed by atoms with Gasteiger partial charge in [0.05, 0.1) is 0 Å². The number of ether oxygens (including phenoxy) is 2. The summed E-state index contributed by atoms with van der Waals surface area (Å²) in [7, 11) is 0. The van der Waals surface area contributed by atoms with Crippen molar-refractivity contribution in [3.05, 3.63) is 23.8 Å². The maximum absolute atomic E-state index is 6.35. The molecule has 0 radical (unpaired) electrons. The van der Waals surface area contributed by atoms with Crippen molar-refractivity contribution in [2.75, 3.05) is 13.1 Å². The summed E-state index contributed by atoms with van der Waals surface area (Å²) in [6, 6.07) is 6.22. The van der Waals surface area contributed by atoms with Gasteiger partial charge in [-0.05, 0) is 46.2 Å². The topological polar surface area (TPSA) is 30.5 Å². The van der Waals surface area contributed by atoms with E-state index in [2.05, 4.69) is 52.1 Å². The van der Waals surface area contributed by atoms with E-state index in [1.165, 1.54) is 5.56 Å². The minimum absolute atomic E-state index is 0.134. The molecule has 0 amide bonds. The van der Waals surface area contributed by atoms with Crippen LogP contribution in [0, 0.1) is 0 Å². The van der Waals surface area contributed by atoms with Crippen LogP contribution in [0.3, 0.4) is 0 Å². The lowest BCUT2D eigenvalue weighted by molar-refractivity contribution is 0.0714. The molecule has 1 heterocycles. The Labute approximate surface area is 129 Å². The second-order valence-corrected chi connectivity index (χ2v) is 6.87. The summed E-state index contributed by atoms with van der Waals surface area (Å²) >= 11 is 0. The van der Waals surface area contributed by atoms with Gasteiger partial charge in [0.25, 0.3) is 0 Å². The van der Waals surface area contributed by atoms with Gasteiger partial charge in [0.15, 0.2) is 11.5 Å². The zero-order valence-electron chi connectivity index (χ0n) is 14.1. The van der Waals surface area contributed by atoms with E-state index in [0.717, 1.165) is 43.9 Å². The Balaban J connectivity index is 2.14. The average molecular weight is 291 g/mol. The Morgan fingerprint density at radius 2 is 2.10 bits per heavy atom. The molecule has 0 bridgehead atoms. The van der Waals surface area contributed by atoms with Gasteiger partial charge < -0.3 is 14.8 Å². The standard InChI is InChI=1S/C18H29NO2/c1-6-11-19-13-18(5,7-2)20-15-10-8-9-14-12-17(3,4)21-16(14)15/h8-10,19H,6-7,11-13H2,1-5H3. The van der Waals surface area contributed by atoms with E-state index in [4.69, 9.17) is 9.47 Å². The molecule has 1 unspecified atom stereocenters. The van der Waals surface area contributed by atoms with Gasteiger partial charge in [-0.1, -0.05) is 26.0 Å². The van der Waals surface area contributed by atoms with E-state index in [0.29, 0.717) is 0 Å². The molecule has 0 aromatic heterocycles. The van der Waals surface area contributed by atoms with Gasteiger partial charge >= 0.3 is 0 Å². The van der Waals surface area contributed by atoms with Crippen LogP contribution in [0.4, 0.5) is 0 Å². The molecule has 3 heteroatoms. The van der Waals surface area contributed by atoms with Crippen LogP contribution in [0.5, 0.6) is 11.5 Å². The smallest absolute Gasteiger partial charge is 0.165 e. The van der Waals surface area contributed by atoms with Gasteiger partial charge in [-0.2, -0.15) is 0 Å². The second kappa shape index (κ2) is 6.27. The average Bonchev–Trinajstić information content (AvgIpc) is 2.74. The van der Waals surface area contributed by atoms with Crippen LogP contribution >= 0.6 is 0 Å². The molecule has 1 aromatic carbocycles. The molecular formula is C18H29NO2. The SMILES string of the molecule is CCCNCC(C)(CC)Oc1cccc2c1OC(C)(C)C2. The zero-order valence-corrected chi connectivity index (χ0v) is 14.1. The number of hydrogen-bond donors (Lipinski definition) is 1. The fourth-order valence-corrected chi connectivity index (χ4v) is 2.70. The molecule has 3 nitrogen and oxygen atoms in total. The third-order valence-electron chi connectivity index (χ3n) is 4.08. The highest BCUT2D eigenvalue weighted by Gasteiger charge is 2.34. The normalized spacial score (nSPS) is 18.7. The third-order valence-corrected chi connectivity index (χ3v) is 4.08. The van der Waals surface area contributed by atoms with Crippen LogP contribution in [0.1, 0.15) is 53.0 Å². The van der Waals surface area contributed by atoms with Crippen LogP contribution in [0.2, 0.25) is 0 Å². The molecule has 1 atom stereocenters. The number of fused-ring (bicyclic) bond motifs is 1. The minimum Gasteiger partial charge on any atom is -0.483 e. The van der Waals surface area contributed by atoms with Crippen molar-refractivity contribution in [1.29, 1.82) is 0 Å². The molecule has 0 saturated heterocycles. The molecule has 21 heavy (non-hydrogen) atoms. The molecule has 1 aromatic rings. The Morgan fingerprint density at radius 3 is 2.76 bits per heavy atom. The van der Waals surface area contributed by atoms with Gasteiger partial charge in [-0.15, -0.1) is 0 Å². The summed E-state index contributed by atoms with van der Waals surface area (Å²) in [6.45, 7) is 12.6. The Hall–Kier alpha value is -1.22. The lowest BCUT2D eigenvalue weighted by Crippen LogP contribution is -2.43. The van der Waals surface area contributed by atoms with E-state index in [1.807, 2.05) is 6.07 Å². The molecule has 0 saturated carbocycles. The van der Waals surface area contributed by atoms with E-state index >= 15 is 0 Å². The highest BCUT2D eigenvalue weighted by molar-refractivity contribution is 5.50. The predicted molar refractivity (Wildman–Crippen MR) is 87.3 cm³/mol. The van der Waals surface area contributed by atoms with Crippen LogP contribution in [0.25, 0.3) is 0 Å². The number of para-hydroxylation sites is 1. The Morgan fingerprint density at radius 1 is 1.33 bits per heavy atom. The quantitative estimate of drug-likeness (QED) is 0.772. The van der Waals surface area contributed by atoms with Crippen molar-refractivity contribution >= 4 is 0 Å². The van der Waals surface area contributed by atoms with Crippen LogP contribution in [-0.4, -0.2) is 24.3 Å². The van der Waals surface area contributed by atoms with Crippen LogP contribution in [0.15, 0.2) is 18.2 Å². The molecule has 0 spiro atoms. The van der Waals surface area contributed by atoms with Crippen molar-refractivity contribution in [2.45, 2.75) is 65.1 Å².